The normalized spacial score (nSPS) is 24.4. The van der Waals surface area contributed by atoms with Gasteiger partial charge < -0.3 is 9.29 Å². The van der Waals surface area contributed by atoms with Crippen molar-refractivity contribution in [2.75, 3.05) is 13.2 Å². The Morgan fingerprint density at radius 3 is 2.71 bits per heavy atom. The molecule has 0 aromatic heterocycles. The molecule has 1 fully saturated rings. The fourth-order valence-corrected chi connectivity index (χ4v) is 3.50. The predicted octanol–water partition coefficient (Wildman–Crippen LogP) is 1.87. The number of hydrogen-bond acceptors (Lipinski definition) is 4. The molecule has 0 aromatic carbocycles. The van der Waals surface area contributed by atoms with Crippen molar-refractivity contribution in [3.63, 3.8) is 0 Å². The van der Waals surface area contributed by atoms with Gasteiger partial charge in [-0.25, -0.2) is 4.79 Å². The van der Waals surface area contributed by atoms with Crippen molar-refractivity contribution in [1.29, 1.82) is 0 Å². The summed E-state index contributed by atoms with van der Waals surface area (Å²) < 4.78 is 18.5. The highest BCUT2D eigenvalue weighted by molar-refractivity contribution is 7.91. The first-order valence-corrected chi connectivity index (χ1v) is 7.37. The monoisotopic (exact) mass is 261 g/mol. The first-order chi connectivity index (χ1) is 7.91. The first-order valence-electron chi connectivity index (χ1n) is 6.27. The van der Waals surface area contributed by atoms with E-state index in [1.807, 2.05) is 4.31 Å². The summed E-state index contributed by atoms with van der Waals surface area (Å²) in [7, 11) is 0. The molecule has 100 valence electrons. The van der Waals surface area contributed by atoms with Crippen LogP contribution in [0, 0.1) is 0 Å². The van der Waals surface area contributed by atoms with E-state index in [1.165, 1.54) is 6.42 Å². The van der Waals surface area contributed by atoms with E-state index in [-0.39, 0.29) is 12.0 Å². The minimum absolute atomic E-state index is 0.276. The van der Waals surface area contributed by atoms with E-state index in [0.29, 0.717) is 6.61 Å². The quantitative estimate of drug-likeness (QED) is 0.572. The van der Waals surface area contributed by atoms with Crippen LogP contribution in [0.1, 0.15) is 47.0 Å². The zero-order valence-electron chi connectivity index (χ0n) is 11.2. The van der Waals surface area contributed by atoms with E-state index < -0.39 is 16.1 Å². The topological polar surface area (TPSA) is 52.6 Å². The van der Waals surface area contributed by atoms with Crippen LogP contribution >= 0.6 is 0 Å². The number of carbonyl (C=O) groups is 1. The van der Waals surface area contributed by atoms with Gasteiger partial charge in [-0.15, -0.1) is 4.31 Å². The Hall–Kier alpha value is -0.260. The number of carbonyl (C=O) groups excluding carboxylic acids is 1. The smallest absolute Gasteiger partial charge is 0.364 e. The summed E-state index contributed by atoms with van der Waals surface area (Å²) >= 11 is -1.32. The van der Waals surface area contributed by atoms with Crippen molar-refractivity contribution in [2.24, 2.45) is 0 Å². The highest BCUT2D eigenvalue weighted by Crippen LogP contribution is 2.28. The zero-order chi connectivity index (χ0) is 13.1. The van der Waals surface area contributed by atoms with E-state index in [9.17, 15) is 9.35 Å². The van der Waals surface area contributed by atoms with E-state index >= 15 is 0 Å². The lowest BCUT2D eigenvalue weighted by molar-refractivity contribution is -0.145. The Kier molecular flexibility index (Phi) is 5.28. The van der Waals surface area contributed by atoms with Gasteiger partial charge in [0.05, 0.1) is 24.0 Å². The van der Waals surface area contributed by atoms with Crippen molar-refractivity contribution in [3.8, 4) is 0 Å². The average molecular weight is 261 g/mol. The van der Waals surface area contributed by atoms with Crippen LogP contribution < -0.4 is 0 Å². The third-order valence-corrected chi connectivity index (χ3v) is 5.17. The molecule has 1 heterocycles. The second-order valence-corrected chi connectivity index (χ2v) is 6.95. The number of nitrogens with zero attached hydrogens (tertiary/aromatic N) is 1. The lowest BCUT2D eigenvalue weighted by Gasteiger charge is -2.38. The van der Waals surface area contributed by atoms with Gasteiger partial charge in [-0.1, -0.05) is 6.42 Å². The maximum atomic E-state index is 12.5. The molecule has 0 radical (unpaired) electrons. The van der Waals surface area contributed by atoms with Crippen molar-refractivity contribution in [3.05, 3.63) is 0 Å². The van der Waals surface area contributed by atoms with Gasteiger partial charge in [0, 0.05) is 6.54 Å². The molecule has 1 aliphatic heterocycles. The molecule has 0 saturated carbocycles. The molecule has 4 nitrogen and oxygen atoms in total. The van der Waals surface area contributed by atoms with Gasteiger partial charge in [-0.05, 0) is 40.5 Å². The molecule has 5 heteroatoms. The Balaban J connectivity index is 2.72. The maximum Gasteiger partial charge on any atom is 0.364 e. The number of piperidine rings is 1. The van der Waals surface area contributed by atoms with Gasteiger partial charge in [0.15, 0.2) is 0 Å². The standard InChI is InChI=1S/C12H23NO3S/c1-5-16-11(14)12(3,4)17(15)13-9-7-6-8-10(13)2/h10H,5-9H2,1-4H3. The summed E-state index contributed by atoms with van der Waals surface area (Å²) in [6, 6.07) is 0.276. The molecule has 0 aromatic rings. The molecule has 0 amide bonds. The molecular formula is C12H23NO3S. The number of rotatable bonds is 4. The summed E-state index contributed by atoms with van der Waals surface area (Å²) in [6.45, 7) is 8.36. The SMILES string of the molecule is CCOC(=O)C(C)(C)[S+]([O-])N1CCCCC1C. The molecule has 2 atom stereocenters. The van der Waals surface area contributed by atoms with Gasteiger partial charge in [0.1, 0.15) is 0 Å². The highest BCUT2D eigenvalue weighted by atomic mass is 32.2. The van der Waals surface area contributed by atoms with Crippen LogP contribution in [0.4, 0.5) is 0 Å². The minimum Gasteiger partial charge on any atom is -0.597 e. The Labute approximate surface area is 107 Å². The summed E-state index contributed by atoms with van der Waals surface area (Å²) in [5.74, 6) is -0.379. The first kappa shape index (κ1) is 14.8. The number of esters is 1. The van der Waals surface area contributed by atoms with E-state index in [1.54, 1.807) is 20.8 Å². The van der Waals surface area contributed by atoms with Gasteiger partial charge in [0.2, 0.25) is 4.75 Å². The average Bonchev–Trinajstić information content (AvgIpc) is 2.29. The molecular weight excluding hydrogens is 238 g/mol. The fourth-order valence-electron chi connectivity index (χ4n) is 1.99. The van der Waals surface area contributed by atoms with Crippen molar-refractivity contribution >= 4 is 17.3 Å². The van der Waals surface area contributed by atoms with E-state index in [0.717, 1.165) is 19.4 Å². The second-order valence-electron chi connectivity index (χ2n) is 4.97. The zero-order valence-corrected chi connectivity index (χ0v) is 12.0. The van der Waals surface area contributed by atoms with Crippen LogP contribution in [0.5, 0.6) is 0 Å². The lowest BCUT2D eigenvalue weighted by atomic mass is 10.1. The number of ether oxygens (including phenoxy) is 1. The summed E-state index contributed by atoms with van der Waals surface area (Å²) in [4.78, 5) is 11.8. The molecule has 0 bridgehead atoms. The lowest BCUT2D eigenvalue weighted by Crippen LogP contribution is -2.54. The van der Waals surface area contributed by atoms with Crippen LogP contribution in [0.2, 0.25) is 0 Å². The van der Waals surface area contributed by atoms with Crippen molar-refractivity contribution in [2.45, 2.75) is 57.7 Å². The fraction of sp³-hybridized carbons (Fsp3) is 0.917. The van der Waals surface area contributed by atoms with Gasteiger partial charge >= 0.3 is 5.97 Å². The Bertz CT molecular complexity index is 270. The summed E-state index contributed by atoms with van der Waals surface area (Å²) in [5.41, 5.74) is 0. The summed E-state index contributed by atoms with van der Waals surface area (Å²) in [6.07, 6.45) is 3.27. The van der Waals surface area contributed by atoms with Crippen molar-refractivity contribution in [1.82, 2.24) is 4.31 Å². The van der Waals surface area contributed by atoms with E-state index in [4.69, 9.17) is 4.74 Å². The van der Waals surface area contributed by atoms with Crippen LogP contribution in [-0.4, -0.2) is 38.8 Å². The van der Waals surface area contributed by atoms with Gasteiger partial charge in [-0.3, -0.25) is 0 Å². The van der Waals surface area contributed by atoms with Gasteiger partial charge in [-0.2, -0.15) is 0 Å². The molecule has 1 saturated heterocycles. The largest absolute Gasteiger partial charge is 0.597 e. The van der Waals surface area contributed by atoms with Crippen LogP contribution in [0.25, 0.3) is 0 Å². The molecule has 1 aliphatic rings. The molecule has 17 heavy (non-hydrogen) atoms. The predicted molar refractivity (Wildman–Crippen MR) is 68.9 cm³/mol. The molecule has 1 rings (SSSR count). The molecule has 0 N–H and O–H groups in total. The van der Waals surface area contributed by atoms with Crippen LogP contribution in [-0.2, 0) is 20.9 Å². The van der Waals surface area contributed by atoms with Crippen LogP contribution in [0.3, 0.4) is 0 Å². The van der Waals surface area contributed by atoms with Crippen molar-refractivity contribution < 1.29 is 14.1 Å². The minimum atomic E-state index is -1.32. The maximum absolute atomic E-state index is 12.5. The molecule has 0 aliphatic carbocycles. The van der Waals surface area contributed by atoms with Crippen LogP contribution in [0.15, 0.2) is 0 Å². The molecule has 0 spiro atoms. The Morgan fingerprint density at radius 2 is 2.18 bits per heavy atom. The third-order valence-electron chi connectivity index (χ3n) is 3.16. The second kappa shape index (κ2) is 6.07. The van der Waals surface area contributed by atoms with Gasteiger partial charge in [0.25, 0.3) is 0 Å². The number of hydrogen-bond donors (Lipinski definition) is 0. The highest BCUT2D eigenvalue weighted by Gasteiger charge is 2.47. The van der Waals surface area contributed by atoms with E-state index in [2.05, 4.69) is 6.92 Å². The summed E-state index contributed by atoms with van der Waals surface area (Å²) in [5, 5.41) is 0. The Morgan fingerprint density at radius 1 is 1.53 bits per heavy atom. The molecule has 2 unspecified atom stereocenters. The third kappa shape index (κ3) is 3.36.